The normalized spacial score (nSPS) is 12.4. The van der Waals surface area contributed by atoms with Crippen LogP contribution in [0.4, 0.5) is 0 Å². The van der Waals surface area contributed by atoms with E-state index in [4.69, 9.17) is 0 Å². The van der Waals surface area contributed by atoms with Crippen molar-refractivity contribution >= 4 is 43.1 Å². The maximum atomic E-state index is 2.42. The van der Waals surface area contributed by atoms with Gasteiger partial charge in [0, 0.05) is 29.8 Å². The minimum atomic E-state index is 0.135. The summed E-state index contributed by atoms with van der Waals surface area (Å²) in [4.78, 5) is 0. The van der Waals surface area contributed by atoms with Crippen LogP contribution in [-0.4, -0.2) is 0 Å². The van der Waals surface area contributed by atoms with Crippen molar-refractivity contribution in [2.75, 3.05) is 0 Å². The Bertz CT molecular complexity index is 5370. The van der Waals surface area contributed by atoms with Crippen molar-refractivity contribution < 1.29 is 18.3 Å². The van der Waals surface area contributed by atoms with Gasteiger partial charge >= 0.3 is 0 Å². The fourth-order valence-electron chi connectivity index (χ4n) is 16.2. The Balaban J connectivity index is 0.000000170. The van der Waals surface area contributed by atoms with E-state index >= 15 is 0 Å². The molecule has 4 nitrogen and oxygen atoms in total. The average Bonchev–Trinajstić information content (AvgIpc) is 0.778. The number of aryl methyl sites for hydroxylation is 7. The Kier molecular flexibility index (Phi) is 26.2. The van der Waals surface area contributed by atoms with E-state index in [2.05, 4.69) is 431 Å². The SMILES string of the molecule is Cc1c(-c2c3ccc(CC(C)(C)C)cc3cc[n+]2C)cc(C(C)C)cc1C(C)C.Cc1cc(C(C)(C)C)cc(-c2c3ccc(CC(C)(C)C)cc3cc[n+]2C)c1C.Cc1cc(C(C)C)cc(-c2c3ccc(CC(C)(C)C)cc3cc[n+]2C)c1C.Cc1ccc(C(C)(C)C)cc1-c1c2ccc(CC(C)(C)C)cc2cc[n+]1C. The van der Waals surface area contributed by atoms with Crippen LogP contribution < -0.4 is 18.3 Å². The molecule has 4 aromatic heterocycles. The third kappa shape index (κ3) is 21.4. The van der Waals surface area contributed by atoms with Gasteiger partial charge in [-0.2, -0.15) is 0 Å². The molecular formula is C107H142N4+4. The van der Waals surface area contributed by atoms with Crippen molar-refractivity contribution in [2.24, 2.45) is 49.9 Å². The lowest BCUT2D eigenvalue weighted by Gasteiger charge is -2.22. The smallest absolute Gasteiger partial charge is 0.200 e. The van der Waals surface area contributed by atoms with Crippen LogP contribution in [0.15, 0.2) is 176 Å². The molecule has 0 N–H and O–H groups in total. The van der Waals surface area contributed by atoms with Crippen molar-refractivity contribution in [1.82, 2.24) is 0 Å². The second-order valence-corrected chi connectivity index (χ2v) is 41.0. The number of rotatable bonds is 11. The summed E-state index contributed by atoms with van der Waals surface area (Å²) in [6, 6.07) is 58.3. The second kappa shape index (κ2) is 33.6. The molecule has 0 aliphatic heterocycles. The van der Waals surface area contributed by atoms with Crippen LogP contribution in [0.3, 0.4) is 0 Å². The minimum Gasteiger partial charge on any atom is -0.200 e. The lowest BCUT2D eigenvalue weighted by molar-refractivity contribution is -0.659. The van der Waals surface area contributed by atoms with Gasteiger partial charge in [0.1, 0.15) is 28.2 Å². The van der Waals surface area contributed by atoms with Gasteiger partial charge in [-0.05, 0) is 271 Å². The zero-order valence-corrected chi connectivity index (χ0v) is 75.6. The molecule has 0 saturated carbocycles. The third-order valence-electron chi connectivity index (χ3n) is 22.5. The highest BCUT2D eigenvalue weighted by Gasteiger charge is 2.28. The van der Waals surface area contributed by atoms with E-state index in [1.807, 2.05) is 0 Å². The highest BCUT2D eigenvalue weighted by Crippen LogP contribution is 2.41. The fraction of sp³-hybridized carbons (Fsp3) is 0.439. The topological polar surface area (TPSA) is 15.5 Å². The molecule has 0 fully saturated rings. The summed E-state index contributed by atoms with van der Waals surface area (Å²) in [5.74, 6) is 1.57. The maximum absolute atomic E-state index is 2.42. The van der Waals surface area contributed by atoms with Crippen molar-refractivity contribution in [1.29, 1.82) is 0 Å². The van der Waals surface area contributed by atoms with Gasteiger partial charge < -0.3 is 0 Å². The summed E-state index contributed by atoms with van der Waals surface area (Å²) in [7, 11) is 8.65. The third-order valence-corrected chi connectivity index (χ3v) is 22.5. The van der Waals surface area contributed by atoms with Crippen molar-refractivity contribution in [3.63, 3.8) is 0 Å². The van der Waals surface area contributed by atoms with Gasteiger partial charge in [0.15, 0.2) is 24.8 Å². The summed E-state index contributed by atoms with van der Waals surface area (Å²) in [6.45, 7) is 68.6. The van der Waals surface area contributed by atoms with Gasteiger partial charge in [0.2, 0.25) is 22.8 Å². The summed E-state index contributed by atoms with van der Waals surface area (Å²) in [5, 5.41) is 10.6. The van der Waals surface area contributed by atoms with Gasteiger partial charge in [-0.25, -0.2) is 18.3 Å². The lowest BCUT2D eigenvalue weighted by Crippen LogP contribution is -2.31. The van der Waals surface area contributed by atoms with E-state index in [0.717, 1.165) is 25.7 Å². The molecule has 8 aromatic carbocycles. The zero-order valence-electron chi connectivity index (χ0n) is 75.6. The molecule has 0 bridgehead atoms. The summed E-state index contributed by atoms with van der Waals surface area (Å²) < 4.78 is 9.11. The van der Waals surface area contributed by atoms with Crippen molar-refractivity contribution in [3.05, 3.63) is 260 Å². The van der Waals surface area contributed by atoms with Gasteiger partial charge in [0.05, 0.1) is 38.2 Å². The molecule has 0 saturated heterocycles. The summed E-state index contributed by atoms with van der Waals surface area (Å²) >= 11 is 0. The lowest BCUT2D eigenvalue weighted by atomic mass is 9.82. The molecule has 4 heteroatoms. The van der Waals surface area contributed by atoms with E-state index in [0.29, 0.717) is 39.4 Å². The van der Waals surface area contributed by atoms with Gasteiger partial charge in [0.25, 0.3) is 0 Å². The number of pyridine rings is 4. The van der Waals surface area contributed by atoms with E-state index in [-0.39, 0.29) is 10.8 Å². The number of fused-ring (bicyclic) bond motifs is 4. The van der Waals surface area contributed by atoms with Gasteiger partial charge in [-0.1, -0.05) is 245 Å². The van der Waals surface area contributed by atoms with Crippen LogP contribution in [0.2, 0.25) is 0 Å². The fourth-order valence-corrected chi connectivity index (χ4v) is 16.2. The Hall–Kier alpha value is -8.60. The molecule has 0 amide bonds. The van der Waals surface area contributed by atoms with Gasteiger partial charge in [-0.3, -0.25) is 0 Å². The molecular weight excluding hydrogens is 1340 g/mol. The standard InChI is InChI=1S/C28H38N.C27H36N.2C26H34N/c1-18(2)23-15-25(19(3)4)20(5)26(16-23)27-24-11-10-21(17-28(6,7)8)14-22(24)12-13-29(27)9;1-18-14-22(27(6,7)8)16-24(19(18)2)25-23-11-10-20(17-26(3,4)5)15-21(23)12-13-28(25)9;1-18-9-11-21(26(5,6)7)16-23(18)24-22-12-10-19(17-25(2,3)4)15-20(22)13-14-27(24)8;1-17(2)22-13-18(3)19(4)24(15-22)25-23-10-9-20(16-26(5,6)7)14-21(23)11-12-27(25)8/h10-16,18-19H,17H2,1-9H3;10-16H,17H2,1-9H3;9-16H,17H2,1-8H3;9-15,17H,16H2,1-8H3/q4*+1. The van der Waals surface area contributed by atoms with Crippen LogP contribution in [0, 0.1) is 63.2 Å². The van der Waals surface area contributed by atoms with Crippen LogP contribution in [-0.2, 0) is 64.7 Å². The van der Waals surface area contributed by atoms with Gasteiger partial charge in [-0.15, -0.1) is 0 Å². The van der Waals surface area contributed by atoms with E-state index in [1.165, 1.54) is 172 Å². The predicted octanol–water partition coefficient (Wildman–Crippen LogP) is 27.5. The molecule has 0 aliphatic rings. The molecule has 0 unspecified atom stereocenters. The molecule has 12 aromatic rings. The Labute approximate surface area is 673 Å². The molecule has 0 aliphatic carbocycles. The number of hydrogen-bond donors (Lipinski definition) is 0. The monoisotopic (exact) mass is 1480 g/mol. The second-order valence-electron chi connectivity index (χ2n) is 41.0. The van der Waals surface area contributed by atoms with E-state index < -0.39 is 0 Å². The van der Waals surface area contributed by atoms with E-state index in [9.17, 15) is 0 Å². The zero-order chi connectivity index (χ0) is 82.3. The molecule has 586 valence electrons. The van der Waals surface area contributed by atoms with Crippen LogP contribution >= 0.6 is 0 Å². The highest BCUT2D eigenvalue weighted by molar-refractivity contribution is 5.97. The summed E-state index contributed by atoms with van der Waals surface area (Å²) in [5.41, 5.74) is 33.1. The van der Waals surface area contributed by atoms with Crippen LogP contribution in [0.1, 0.15) is 267 Å². The molecule has 0 atom stereocenters. The first kappa shape index (κ1) is 86.4. The molecule has 0 radical (unpaired) electrons. The van der Waals surface area contributed by atoms with Crippen molar-refractivity contribution in [3.8, 4) is 45.0 Å². The van der Waals surface area contributed by atoms with Crippen molar-refractivity contribution in [2.45, 2.75) is 262 Å². The molecule has 111 heavy (non-hydrogen) atoms. The quantitative estimate of drug-likeness (QED) is 0.115. The number of nitrogens with zero attached hydrogens (tertiary/aromatic N) is 4. The minimum absolute atomic E-state index is 0.135. The highest BCUT2D eigenvalue weighted by atomic mass is 14.9. The first-order valence-corrected chi connectivity index (χ1v) is 41.5. The van der Waals surface area contributed by atoms with Crippen LogP contribution in [0.5, 0.6) is 0 Å². The predicted molar refractivity (Wildman–Crippen MR) is 483 cm³/mol. The summed E-state index contributed by atoms with van der Waals surface area (Å²) in [6.07, 6.45) is 13.2. The number of aromatic nitrogens is 4. The molecule has 4 heterocycles. The molecule has 0 spiro atoms. The Morgan fingerprint density at radius 1 is 0.261 bits per heavy atom. The number of hydrogen-bond acceptors (Lipinski definition) is 0. The first-order valence-electron chi connectivity index (χ1n) is 41.5. The average molecular weight is 1480 g/mol. The first-order chi connectivity index (χ1) is 51.4. The van der Waals surface area contributed by atoms with Crippen LogP contribution in [0.25, 0.3) is 88.1 Å². The van der Waals surface area contributed by atoms with E-state index in [1.54, 1.807) is 0 Å². The maximum Gasteiger partial charge on any atom is 0.220 e. The Morgan fingerprint density at radius 2 is 0.550 bits per heavy atom. The molecule has 12 rings (SSSR count). The largest absolute Gasteiger partial charge is 0.220 e. The Morgan fingerprint density at radius 3 is 0.856 bits per heavy atom. The number of benzene rings is 8.